The van der Waals surface area contributed by atoms with Gasteiger partial charge in [-0.25, -0.2) is 9.97 Å². The van der Waals surface area contributed by atoms with Crippen LogP contribution < -0.4 is 11.1 Å². The zero-order chi connectivity index (χ0) is 11.7. The molecule has 0 bridgehead atoms. The van der Waals surface area contributed by atoms with E-state index in [1.807, 2.05) is 24.3 Å². The molecule has 2 aromatic heterocycles. The number of para-hydroxylation sites is 1. The predicted molar refractivity (Wildman–Crippen MR) is 68.0 cm³/mol. The van der Waals surface area contributed by atoms with Crippen molar-refractivity contribution in [3.63, 3.8) is 0 Å². The maximum atomic E-state index is 5.98. The first-order valence-corrected chi connectivity index (χ1v) is 5.24. The number of aromatic nitrogens is 3. The lowest BCUT2D eigenvalue weighted by Gasteiger charge is -2.06. The fraction of sp³-hybridized carbons (Fsp3) is 0. The van der Waals surface area contributed by atoms with E-state index in [4.69, 9.17) is 5.73 Å². The molecule has 3 aromatic rings. The maximum absolute atomic E-state index is 5.98. The van der Waals surface area contributed by atoms with Gasteiger partial charge in [-0.1, -0.05) is 18.2 Å². The third kappa shape index (κ3) is 1.78. The van der Waals surface area contributed by atoms with E-state index in [-0.39, 0.29) is 0 Å². The van der Waals surface area contributed by atoms with Crippen molar-refractivity contribution in [1.29, 1.82) is 0 Å². The van der Waals surface area contributed by atoms with Gasteiger partial charge in [-0.3, -0.25) is 0 Å². The zero-order valence-corrected chi connectivity index (χ0v) is 9.01. The molecule has 0 saturated heterocycles. The molecule has 3 rings (SSSR count). The zero-order valence-electron chi connectivity index (χ0n) is 9.01. The van der Waals surface area contributed by atoms with Gasteiger partial charge in [0.15, 0.2) is 0 Å². The number of nitrogens with two attached hydrogens (primary N) is 1. The Balaban J connectivity index is 2.06. The standard InChI is InChI=1S/C12H11N5/c13-9-7-11(17-12-14-5-6-15-12)16-10-4-2-1-3-8(9)10/h1-7H,(H4,13,14,15,16,17). The quantitative estimate of drug-likeness (QED) is 0.625. The van der Waals surface area contributed by atoms with E-state index >= 15 is 0 Å². The van der Waals surface area contributed by atoms with E-state index in [0.717, 1.165) is 10.9 Å². The highest BCUT2D eigenvalue weighted by atomic mass is 15.1. The topological polar surface area (TPSA) is 79.6 Å². The number of anilines is 3. The van der Waals surface area contributed by atoms with Gasteiger partial charge in [-0.15, -0.1) is 0 Å². The SMILES string of the molecule is Nc1cc(Nc2ncc[nH]2)nc2ccccc12. The Kier molecular flexibility index (Phi) is 2.15. The van der Waals surface area contributed by atoms with Crippen molar-refractivity contribution in [3.8, 4) is 0 Å². The number of imidazole rings is 1. The van der Waals surface area contributed by atoms with Gasteiger partial charge in [0.25, 0.3) is 0 Å². The number of fused-ring (bicyclic) bond motifs is 1. The number of nitrogens with zero attached hydrogens (tertiary/aromatic N) is 2. The number of hydrogen-bond acceptors (Lipinski definition) is 4. The average molecular weight is 225 g/mol. The summed E-state index contributed by atoms with van der Waals surface area (Å²) in [5, 5.41) is 4.02. The van der Waals surface area contributed by atoms with E-state index < -0.39 is 0 Å². The largest absolute Gasteiger partial charge is 0.398 e. The van der Waals surface area contributed by atoms with E-state index in [1.165, 1.54) is 0 Å². The molecule has 17 heavy (non-hydrogen) atoms. The van der Waals surface area contributed by atoms with Crippen LogP contribution in [-0.4, -0.2) is 15.0 Å². The van der Waals surface area contributed by atoms with Crippen LogP contribution in [0.15, 0.2) is 42.7 Å². The van der Waals surface area contributed by atoms with Crippen LogP contribution in [0.1, 0.15) is 0 Å². The summed E-state index contributed by atoms with van der Waals surface area (Å²) in [5.74, 6) is 1.32. The minimum Gasteiger partial charge on any atom is -0.398 e. The number of hydrogen-bond donors (Lipinski definition) is 3. The van der Waals surface area contributed by atoms with E-state index in [9.17, 15) is 0 Å². The molecule has 5 heteroatoms. The van der Waals surface area contributed by atoms with Crippen LogP contribution in [0, 0.1) is 0 Å². The van der Waals surface area contributed by atoms with Gasteiger partial charge in [-0.2, -0.15) is 0 Å². The van der Waals surface area contributed by atoms with E-state index in [0.29, 0.717) is 17.5 Å². The number of benzene rings is 1. The summed E-state index contributed by atoms with van der Waals surface area (Å²) < 4.78 is 0. The lowest BCUT2D eigenvalue weighted by atomic mass is 10.2. The highest BCUT2D eigenvalue weighted by Crippen LogP contribution is 2.23. The van der Waals surface area contributed by atoms with Crippen LogP contribution in [0.25, 0.3) is 10.9 Å². The lowest BCUT2D eigenvalue weighted by Crippen LogP contribution is -1.98. The van der Waals surface area contributed by atoms with Crippen LogP contribution in [0.4, 0.5) is 17.5 Å². The number of nitrogens with one attached hydrogen (secondary N) is 2. The summed E-state index contributed by atoms with van der Waals surface area (Å²) >= 11 is 0. The Morgan fingerprint density at radius 3 is 2.94 bits per heavy atom. The van der Waals surface area contributed by atoms with Crippen LogP contribution in [0.5, 0.6) is 0 Å². The Bertz CT molecular complexity index is 645. The van der Waals surface area contributed by atoms with Gasteiger partial charge < -0.3 is 16.0 Å². The maximum Gasteiger partial charge on any atom is 0.205 e. The molecule has 0 spiro atoms. The Morgan fingerprint density at radius 2 is 2.12 bits per heavy atom. The van der Waals surface area contributed by atoms with Crippen molar-refractivity contribution in [1.82, 2.24) is 15.0 Å². The van der Waals surface area contributed by atoms with Gasteiger partial charge in [0, 0.05) is 29.5 Å². The molecule has 4 N–H and O–H groups in total. The Morgan fingerprint density at radius 1 is 1.24 bits per heavy atom. The molecule has 0 aliphatic heterocycles. The second kappa shape index (κ2) is 3.79. The van der Waals surface area contributed by atoms with Crippen molar-refractivity contribution in [2.24, 2.45) is 0 Å². The summed E-state index contributed by atoms with van der Waals surface area (Å²) in [6.45, 7) is 0. The molecule has 0 aliphatic carbocycles. The second-order valence-electron chi connectivity index (χ2n) is 3.68. The lowest BCUT2D eigenvalue weighted by molar-refractivity contribution is 1.25. The fourth-order valence-electron chi connectivity index (χ4n) is 1.72. The van der Waals surface area contributed by atoms with Crippen LogP contribution in [0.3, 0.4) is 0 Å². The van der Waals surface area contributed by atoms with E-state index in [1.54, 1.807) is 18.5 Å². The summed E-state index contributed by atoms with van der Waals surface area (Å²) in [4.78, 5) is 11.5. The van der Waals surface area contributed by atoms with Crippen LogP contribution in [0.2, 0.25) is 0 Å². The molecule has 2 heterocycles. The Hall–Kier alpha value is -2.56. The molecule has 84 valence electrons. The molecule has 0 radical (unpaired) electrons. The van der Waals surface area contributed by atoms with Crippen molar-refractivity contribution in [2.45, 2.75) is 0 Å². The van der Waals surface area contributed by atoms with Crippen molar-refractivity contribution >= 4 is 28.4 Å². The minimum absolute atomic E-state index is 0.646. The van der Waals surface area contributed by atoms with Gasteiger partial charge >= 0.3 is 0 Å². The summed E-state index contributed by atoms with van der Waals surface area (Å²) in [6.07, 6.45) is 3.42. The number of nitrogen functional groups attached to an aromatic ring is 1. The molecule has 0 saturated carbocycles. The molecular weight excluding hydrogens is 214 g/mol. The fourth-order valence-corrected chi connectivity index (χ4v) is 1.72. The third-order valence-electron chi connectivity index (χ3n) is 2.49. The first kappa shape index (κ1) is 9.65. The summed E-state index contributed by atoms with van der Waals surface area (Å²) in [6, 6.07) is 9.56. The van der Waals surface area contributed by atoms with Gasteiger partial charge in [0.05, 0.1) is 5.52 Å². The minimum atomic E-state index is 0.646. The van der Waals surface area contributed by atoms with Crippen molar-refractivity contribution in [2.75, 3.05) is 11.1 Å². The van der Waals surface area contributed by atoms with Gasteiger partial charge in [0.1, 0.15) is 5.82 Å². The normalized spacial score (nSPS) is 10.6. The monoisotopic (exact) mass is 225 g/mol. The molecule has 5 nitrogen and oxygen atoms in total. The molecule has 0 atom stereocenters. The van der Waals surface area contributed by atoms with Crippen LogP contribution in [-0.2, 0) is 0 Å². The van der Waals surface area contributed by atoms with Crippen LogP contribution >= 0.6 is 0 Å². The Labute approximate surface area is 97.7 Å². The molecular formula is C12H11N5. The molecule has 0 aliphatic rings. The molecule has 1 aromatic carbocycles. The first-order valence-electron chi connectivity index (χ1n) is 5.24. The number of rotatable bonds is 2. The first-order chi connectivity index (χ1) is 8.33. The summed E-state index contributed by atoms with van der Waals surface area (Å²) in [7, 11) is 0. The number of H-pyrrole nitrogens is 1. The van der Waals surface area contributed by atoms with Crippen molar-refractivity contribution in [3.05, 3.63) is 42.7 Å². The predicted octanol–water partition coefficient (Wildman–Crippen LogP) is 2.28. The third-order valence-corrected chi connectivity index (χ3v) is 2.49. The number of aromatic amines is 1. The highest BCUT2D eigenvalue weighted by molar-refractivity contribution is 5.91. The smallest absolute Gasteiger partial charge is 0.205 e. The summed E-state index contributed by atoms with van der Waals surface area (Å²) in [5.41, 5.74) is 7.54. The molecule has 0 unspecified atom stereocenters. The van der Waals surface area contributed by atoms with Gasteiger partial charge in [-0.05, 0) is 6.07 Å². The highest BCUT2D eigenvalue weighted by Gasteiger charge is 2.03. The second-order valence-corrected chi connectivity index (χ2v) is 3.68. The van der Waals surface area contributed by atoms with Gasteiger partial charge in [0.2, 0.25) is 5.95 Å². The average Bonchev–Trinajstić information content (AvgIpc) is 2.82. The number of pyridine rings is 1. The van der Waals surface area contributed by atoms with E-state index in [2.05, 4.69) is 20.3 Å². The molecule has 0 fully saturated rings. The molecule has 0 amide bonds. The van der Waals surface area contributed by atoms with Crippen molar-refractivity contribution < 1.29 is 0 Å².